The van der Waals surface area contributed by atoms with E-state index in [1.54, 1.807) is 7.11 Å². The molecule has 0 aromatic heterocycles. The summed E-state index contributed by atoms with van der Waals surface area (Å²) in [5.41, 5.74) is 2.44. The van der Waals surface area contributed by atoms with Crippen LogP contribution in [0.25, 0.3) is 0 Å². The molecule has 3 heteroatoms. The normalized spacial score (nSPS) is 10.6. The Morgan fingerprint density at radius 1 is 1.31 bits per heavy atom. The minimum absolute atomic E-state index is 0.952. The molecule has 3 nitrogen and oxygen atoms in total. The lowest BCUT2D eigenvalue weighted by Gasteiger charge is -2.16. The van der Waals surface area contributed by atoms with Gasteiger partial charge in [-0.3, -0.25) is 0 Å². The number of ether oxygens (including phenoxy) is 1. The minimum Gasteiger partial charge on any atom is -0.496 e. The Labute approximate surface area is 98.4 Å². The molecule has 1 aromatic rings. The second kappa shape index (κ2) is 6.38. The molecule has 0 spiro atoms. The number of nitrogens with zero attached hydrogens (tertiary/aromatic N) is 1. The smallest absolute Gasteiger partial charge is 0.124 e. The van der Waals surface area contributed by atoms with E-state index in [2.05, 4.69) is 37.3 Å². The van der Waals surface area contributed by atoms with Crippen molar-refractivity contribution in [3.63, 3.8) is 0 Å². The van der Waals surface area contributed by atoms with E-state index in [0.29, 0.717) is 0 Å². The van der Waals surface area contributed by atoms with Crippen LogP contribution in [0.1, 0.15) is 12.5 Å². The molecule has 0 aliphatic rings. The van der Waals surface area contributed by atoms with E-state index in [1.807, 2.05) is 12.1 Å². The highest BCUT2D eigenvalue weighted by molar-refractivity contribution is 5.57. The topological polar surface area (TPSA) is 24.5 Å². The first-order valence-corrected chi connectivity index (χ1v) is 5.73. The predicted molar refractivity (Wildman–Crippen MR) is 69.4 cm³/mol. The lowest BCUT2D eigenvalue weighted by Crippen LogP contribution is -2.21. The van der Waals surface area contributed by atoms with Gasteiger partial charge in [0.2, 0.25) is 0 Å². The number of benzene rings is 1. The molecule has 1 rings (SSSR count). The number of rotatable bonds is 6. The average molecular weight is 222 g/mol. The van der Waals surface area contributed by atoms with Crippen LogP contribution in [-0.4, -0.2) is 39.2 Å². The quantitative estimate of drug-likeness (QED) is 0.799. The summed E-state index contributed by atoms with van der Waals surface area (Å²) < 4.78 is 5.35. The van der Waals surface area contributed by atoms with E-state index in [9.17, 15) is 0 Å². The zero-order chi connectivity index (χ0) is 12.0. The molecule has 0 amide bonds. The summed E-state index contributed by atoms with van der Waals surface area (Å²) in [6.07, 6.45) is 0.980. The monoisotopic (exact) mass is 222 g/mol. The van der Waals surface area contributed by atoms with Crippen LogP contribution >= 0.6 is 0 Å². The van der Waals surface area contributed by atoms with Gasteiger partial charge in [-0.2, -0.15) is 0 Å². The van der Waals surface area contributed by atoms with E-state index >= 15 is 0 Å². The van der Waals surface area contributed by atoms with E-state index in [4.69, 9.17) is 4.74 Å². The van der Waals surface area contributed by atoms with Crippen molar-refractivity contribution in [3.05, 3.63) is 23.8 Å². The highest BCUT2D eigenvalue weighted by Crippen LogP contribution is 2.26. The van der Waals surface area contributed by atoms with Crippen LogP contribution in [0.3, 0.4) is 0 Å². The molecule has 0 saturated heterocycles. The fourth-order valence-corrected chi connectivity index (χ4v) is 1.70. The summed E-state index contributed by atoms with van der Waals surface area (Å²) in [6, 6.07) is 6.14. The second-order valence-corrected chi connectivity index (χ2v) is 4.07. The predicted octanol–water partition coefficient (Wildman–Crippen LogP) is 2.23. The van der Waals surface area contributed by atoms with Gasteiger partial charge in [-0.15, -0.1) is 0 Å². The summed E-state index contributed by atoms with van der Waals surface area (Å²) in [4.78, 5) is 2.17. The molecule has 0 bridgehead atoms. The Hall–Kier alpha value is -1.22. The van der Waals surface area contributed by atoms with Gasteiger partial charge in [0.25, 0.3) is 0 Å². The fourth-order valence-electron chi connectivity index (χ4n) is 1.70. The highest BCUT2D eigenvalue weighted by atomic mass is 16.5. The SMILES string of the molecule is CCc1c(NCCN(C)C)cccc1OC. The first-order valence-electron chi connectivity index (χ1n) is 5.73. The number of hydrogen-bond acceptors (Lipinski definition) is 3. The van der Waals surface area contributed by atoms with Crippen molar-refractivity contribution in [2.24, 2.45) is 0 Å². The van der Waals surface area contributed by atoms with Crippen LogP contribution in [0.4, 0.5) is 5.69 Å². The van der Waals surface area contributed by atoms with Gasteiger partial charge in [0.15, 0.2) is 0 Å². The zero-order valence-corrected chi connectivity index (χ0v) is 10.7. The third-order valence-corrected chi connectivity index (χ3v) is 2.58. The Bertz CT molecular complexity index is 324. The molecule has 0 fully saturated rings. The van der Waals surface area contributed by atoms with Gasteiger partial charge < -0.3 is 15.0 Å². The van der Waals surface area contributed by atoms with Gasteiger partial charge in [-0.25, -0.2) is 0 Å². The lowest BCUT2D eigenvalue weighted by atomic mass is 10.1. The van der Waals surface area contributed by atoms with Crippen molar-refractivity contribution in [1.82, 2.24) is 4.90 Å². The van der Waals surface area contributed by atoms with Crippen molar-refractivity contribution >= 4 is 5.69 Å². The Kier molecular flexibility index (Phi) is 5.12. The molecule has 0 aliphatic carbocycles. The van der Waals surface area contributed by atoms with E-state index in [-0.39, 0.29) is 0 Å². The minimum atomic E-state index is 0.952. The van der Waals surface area contributed by atoms with Crippen molar-refractivity contribution in [2.45, 2.75) is 13.3 Å². The molecule has 0 saturated carbocycles. The van der Waals surface area contributed by atoms with E-state index in [1.165, 1.54) is 11.3 Å². The molecule has 0 unspecified atom stereocenters. The van der Waals surface area contributed by atoms with Crippen LogP contribution < -0.4 is 10.1 Å². The molecule has 16 heavy (non-hydrogen) atoms. The third kappa shape index (κ3) is 3.42. The number of nitrogens with one attached hydrogen (secondary N) is 1. The maximum Gasteiger partial charge on any atom is 0.124 e. The standard InChI is InChI=1S/C13H22N2O/c1-5-11-12(14-9-10-15(2)3)7-6-8-13(11)16-4/h6-8,14H,5,9-10H2,1-4H3. The van der Waals surface area contributed by atoms with Crippen LogP contribution in [-0.2, 0) is 6.42 Å². The molecular formula is C13H22N2O. The van der Waals surface area contributed by atoms with Crippen molar-refractivity contribution in [2.75, 3.05) is 39.6 Å². The van der Waals surface area contributed by atoms with E-state index < -0.39 is 0 Å². The molecule has 0 radical (unpaired) electrons. The summed E-state index contributed by atoms with van der Waals surface area (Å²) >= 11 is 0. The van der Waals surface area contributed by atoms with E-state index in [0.717, 1.165) is 25.3 Å². The van der Waals surface area contributed by atoms with Gasteiger partial charge in [0.1, 0.15) is 5.75 Å². The van der Waals surface area contributed by atoms with Gasteiger partial charge in [-0.1, -0.05) is 13.0 Å². The fraction of sp³-hybridized carbons (Fsp3) is 0.538. The largest absolute Gasteiger partial charge is 0.496 e. The third-order valence-electron chi connectivity index (χ3n) is 2.58. The lowest BCUT2D eigenvalue weighted by molar-refractivity contribution is 0.410. The van der Waals surface area contributed by atoms with Crippen molar-refractivity contribution in [1.29, 1.82) is 0 Å². The van der Waals surface area contributed by atoms with Crippen molar-refractivity contribution in [3.8, 4) is 5.75 Å². The molecule has 0 heterocycles. The number of hydrogen-bond donors (Lipinski definition) is 1. The highest BCUT2D eigenvalue weighted by Gasteiger charge is 2.06. The molecule has 1 N–H and O–H groups in total. The summed E-state index contributed by atoms with van der Waals surface area (Å²) in [6.45, 7) is 4.13. The molecule has 1 aromatic carbocycles. The first kappa shape index (κ1) is 12.8. The molecule has 90 valence electrons. The molecule has 0 aliphatic heterocycles. The zero-order valence-electron chi connectivity index (χ0n) is 10.7. The van der Waals surface area contributed by atoms with Crippen LogP contribution in [0, 0.1) is 0 Å². The maximum absolute atomic E-state index is 5.35. The summed E-state index contributed by atoms with van der Waals surface area (Å²) in [5, 5.41) is 3.45. The molecular weight excluding hydrogens is 200 g/mol. The van der Waals surface area contributed by atoms with Crippen LogP contribution in [0.5, 0.6) is 5.75 Å². The first-order chi connectivity index (χ1) is 7.69. The number of anilines is 1. The summed E-state index contributed by atoms with van der Waals surface area (Å²) in [5.74, 6) is 0.970. The average Bonchev–Trinajstić information content (AvgIpc) is 2.28. The Morgan fingerprint density at radius 2 is 2.06 bits per heavy atom. The van der Waals surface area contributed by atoms with Crippen LogP contribution in [0.2, 0.25) is 0 Å². The van der Waals surface area contributed by atoms with Gasteiger partial charge in [-0.05, 0) is 32.6 Å². The van der Waals surface area contributed by atoms with Crippen LogP contribution in [0.15, 0.2) is 18.2 Å². The van der Waals surface area contributed by atoms with Gasteiger partial charge >= 0.3 is 0 Å². The number of methoxy groups -OCH3 is 1. The second-order valence-electron chi connectivity index (χ2n) is 4.07. The number of likely N-dealkylation sites (N-methyl/N-ethyl adjacent to an activating group) is 1. The summed E-state index contributed by atoms with van der Waals surface area (Å²) in [7, 11) is 5.88. The van der Waals surface area contributed by atoms with Crippen molar-refractivity contribution < 1.29 is 4.74 Å². The maximum atomic E-state index is 5.35. The molecule has 0 atom stereocenters. The van der Waals surface area contributed by atoms with Gasteiger partial charge in [0, 0.05) is 24.3 Å². The van der Waals surface area contributed by atoms with Gasteiger partial charge in [0.05, 0.1) is 7.11 Å². The Morgan fingerprint density at radius 3 is 2.62 bits per heavy atom. The Balaban J connectivity index is 2.71.